The number of carboxylic acids is 1. The second-order valence-electron chi connectivity index (χ2n) is 6.51. The van der Waals surface area contributed by atoms with Gasteiger partial charge in [-0.1, -0.05) is 6.92 Å². The van der Waals surface area contributed by atoms with Gasteiger partial charge in [-0.15, -0.1) is 0 Å². The molecule has 146 valence electrons. The molecule has 1 aliphatic heterocycles. The molecule has 1 fully saturated rings. The molecule has 1 aromatic carbocycles. The number of hydrogen-bond acceptors (Lipinski definition) is 5. The quantitative estimate of drug-likeness (QED) is 0.789. The topological polar surface area (TPSA) is 83.8 Å². The number of hydrogen-bond donors (Lipinski definition) is 2. The summed E-state index contributed by atoms with van der Waals surface area (Å²) in [6.45, 7) is 4.54. The Morgan fingerprint density at radius 1 is 1.44 bits per heavy atom. The van der Waals surface area contributed by atoms with Crippen LogP contribution in [0.3, 0.4) is 0 Å². The van der Waals surface area contributed by atoms with E-state index in [-0.39, 0.29) is 22.5 Å². The van der Waals surface area contributed by atoms with Crippen LogP contribution in [0.1, 0.15) is 23.7 Å². The minimum atomic E-state index is -1.50. The van der Waals surface area contributed by atoms with Crippen LogP contribution in [-0.4, -0.2) is 49.1 Å². The van der Waals surface area contributed by atoms with E-state index < -0.39 is 28.6 Å². The van der Waals surface area contributed by atoms with Gasteiger partial charge in [0, 0.05) is 13.1 Å². The van der Waals surface area contributed by atoms with Crippen molar-refractivity contribution in [2.24, 2.45) is 5.92 Å². The van der Waals surface area contributed by atoms with Crippen LogP contribution >= 0.6 is 0 Å². The molecular formula is C18H21F2N3O4. The van der Waals surface area contributed by atoms with Crippen LogP contribution in [-0.2, 0) is 0 Å². The summed E-state index contributed by atoms with van der Waals surface area (Å²) in [5, 5.41) is 12.0. The lowest BCUT2D eigenvalue weighted by Gasteiger charge is -2.22. The summed E-state index contributed by atoms with van der Waals surface area (Å²) in [6, 6.07) is 0.885. The molecule has 2 N–H and O–H groups in total. The highest BCUT2D eigenvalue weighted by molar-refractivity contribution is 5.93. The van der Waals surface area contributed by atoms with E-state index in [1.165, 1.54) is 7.11 Å². The van der Waals surface area contributed by atoms with Crippen molar-refractivity contribution in [1.29, 1.82) is 0 Å². The molecular weight excluding hydrogens is 360 g/mol. The molecule has 2 heterocycles. The largest absolute Gasteiger partial charge is 0.477 e. The first-order chi connectivity index (χ1) is 12.9. The maximum atomic E-state index is 15.2. The Bertz CT molecular complexity index is 945. The van der Waals surface area contributed by atoms with Crippen LogP contribution in [0.4, 0.5) is 14.5 Å². The SMILES string of the molecule is CCNCC1CCN(c2c(F)cc3c(=O)c(C(=O)O)cn(OC)c3c2F)C1. The zero-order valence-corrected chi connectivity index (χ0v) is 15.1. The standard InChI is InChI=1S/C18H21F2N3O4/c1-3-21-7-10-4-5-22(8-10)16-13(19)6-11-15(14(16)20)23(27-2)9-12(17(11)24)18(25)26/h6,9-10,21H,3-5,7-8H2,1-2H3,(H,25,26). The van der Waals surface area contributed by atoms with Gasteiger partial charge >= 0.3 is 5.97 Å². The van der Waals surface area contributed by atoms with Crippen LogP contribution in [0.15, 0.2) is 17.1 Å². The predicted octanol–water partition coefficient (Wildman–Crippen LogP) is 1.47. The van der Waals surface area contributed by atoms with Crippen LogP contribution in [0.5, 0.6) is 0 Å². The summed E-state index contributed by atoms with van der Waals surface area (Å²) >= 11 is 0. The molecule has 0 aliphatic carbocycles. The molecule has 2 aromatic rings. The maximum absolute atomic E-state index is 15.2. The van der Waals surface area contributed by atoms with Crippen molar-refractivity contribution in [2.75, 3.05) is 38.2 Å². The van der Waals surface area contributed by atoms with E-state index in [0.29, 0.717) is 13.1 Å². The average molecular weight is 381 g/mol. The zero-order valence-electron chi connectivity index (χ0n) is 15.1. The summed E-state index contributed by atoms with van der Waals surface area (Å²) in [5.41, 5.74) is -2.09. The molecule has 3 rings (SSSR count). The van der Waals surface area contributed by atoms with Gasteiger partial charge in [-0.2, -0.15) is 4.73 Å². The van der Waals surface area contributed by atoms with Gasteiger partial charge in [-0.3, -0.25) is 4.79 Å². The fourth-order valence-electron chi connectivity index (χ4n) is 3.51. The average Bonchev–Trinajstić information content (AvgIpc) is 3.09. The normalized spacial score (nSPS) is 16.9. The third-order valence-corrected chi connectivity index (χ3v) is 4.84. The highest BCUT2D eigenvalue weighted by Gasteiger charge is 2.30. The predicted molar refractivity (Wildman–Crippen MR) is 96.5 cm³/mol. The number of fused-ring (bicyclic) bond motifs is 1. The Morgan fingerprint density at radius 3 is 2.81 bits per heavy atom. The summed E-state index contributed by atoms with van der Waals surface area (Å²) < 4.78 is 30.8. The van der Waals surface area contributed by atoms with Gasteiger partial charge in [0.25, 0.3) is 0 Å². The molecule has 1 saturated heterocycles. The number of aromatic nitrogens is 1. The lowest BCUT2D eigenvalue weighted by atomic mass is 10.1. The summed E-state index contributed by atoms with van der Waals surface area (Å²) in [7, 11) is 1.21. The Kier molecular flexibility index (Phi) is 5.31. The Hall–Kier alpha value is -2.68. The zero-order chi connectivity index (χ0) is 19.7. The monoisotopic (exact) mass is 381 g/mol. The number of benzene rings is 1. The van der Waals surface area contributed by atoms with Crippen molar-refractivity contribution in [3.8, 4) is 0 Å². The van der Waals surface area contributed by atoms with E-state index in [1.807, 2.05) is 6.92 Å². The lowest BCUT2D eigenvalue weighted by molar-refractivity contribution is 0.0691. The van der Waals surface area contributed by atoms with Gasteiger partial charge in [0.2, 0.25) is 5.43 Å². The lowest BCUT2D eigenvalue weighted by Crippen LogP contribution is -2.28. The summed E-state index contributed by atoms with van der Waals surface area (Å²) in [6.07, 6.45) is 1.69. The Morgan fingerprint density at radius 2 is 2.19 bits per heavy atom. The van der Waals surface area contributed by atoms with Crippen molar-refractivity contribution in [1.82, 2.24) is 10.0 Å². The molecule has 1 aromatic heterocycles. The van der Waals surface area contributed by atoms with Crippen molar-refractivity contribution in [3.63, 3.8) is 0 Å². The first kappa shape index (κ1) is 19.1. The highest BCUT2D eigenvalue weighted by atomic mass is 19.1. The number of nitrogens with zero attached hydrogens (tertiary/aromatic N) is 2. The number of nitrogens with one attached hydrogen (secondary N) is 1. The van der Waals surface area contributed by atoms with Gasteiger partial charge in [0.05, 0.1) is 11.6 Å². The number of rotatable bonds is 6. The van der Waals surface area contributed by atoms with E-state index in [2.05, 4.69) is 5.32 Å². The first-order valence-corrected chi connectivity index (χ1v) is 8.69. The molecule has 0 radical (unpaired) electrons. The smallest absolute Gasteiger partial charge is 0.341 e. The van der Waals surface area contributed by atoms with Crippen molar-refractivity contribution in [2.45, 2.75) is 13.3 Å². The van der Waals surface area contributed by atoms with E-state index in [0.717, 1.165) is 36.5 Å². The fraction of sp³-hybridized carbons (Fsp3) is 0.444. The fourth-order valence-corrected chi connectivity index (χ4v) is 3.51. The van der Waals surface area contributed by atoms with E-state index in [9.17, 15) is 14.0 Å². The van der Waals surface area contributed by atoms with E-state index in [1.54, 1.807) is 4.90 Å². The van der Waals surface area contributed by atoms with E-state index in [4.69, 9.17) is 9.94 Å². The molecule has 1 aliphatic rings. The van der Waals surface area contributed by atoms with Crippen molar-refractivity contribution < 1.29 is 23.5 Å². The number of carbonyl (C=O) groups is 1. The minimum Gasteiger partial charge on any atom is -0.477 e. The van der Waals surface area contributed by atoms with E-state index >= 15 is 4.39 Å². The third kappa shape index (κ3) is 3.34. The molecule has 0 saturated carbocycles. The van der Waals surface area contributed by atoms with Gasteiger partial charge in [0.15, 0.2) is 5.82 Å². The van der Waals surface area contributed by atoms with Gasteiger partial charge in [-0.05, 0) is 31.5 Å². The van der Waals surface area contributed by atoms with Crippen molar-refractivity contribution >= 4 is 22.6 Å². The molecule has 1 unspecified atom stereocenters. The second kappa shape index (κ2) is 7.51. The summed E-state index contributed by atoms with van der Waals surface area (Å²) in [5.74, 6) is -3.07. The summed E-state index contributed by atoms with van der Waals surface area (Å²) in [4.78, 5) is 30.2. The number of carboxylic acid groups (broad SMARTS) is 1. The third-order valence-electron chi connectivity index (χ3n) is 4.84. The number of aromatic carboxylic acids is 1. The van der Waals surface area contributed by atoms with Crippen molar-refractivity contribution in [3.05, 3.63) is 39.7 Å². The molecule has 7 nitrogen and oxygen atoms in total. The molecule has 9 heteroatoms. The molecule has 27 heavy (non-hydrogen) atoms. The number of pyridine rings is 1. The molecule has 0 spiro atoms. The van der Waals surface area contributed by atoms with Gasteiger partial charge < -0.3 is 20.2 Å². The second-order valence-corrected chi connectivity index (χ2v) is 6.51. The molecule has 0 bridgehead atoms. The van der Waals surface area contributed by atoms with Gasteiger partial charge in [-0.25, -0.2) is 13.6 Å². The number of halogens is 2. The van der Waals surface area contributed by atoms with Gasteiger partial charge in [0.1, 0.15) is 29.7 Å². The Balaban J connectivity index is 2.13. The highest BCUT2D eigenvalue weighted by Crippen LogP contribution is 2.33. The number of anilines is 1. The van der Waals surface area contributed by atoms with Crippen LogP contribution in [0.25, 0.3) is 10.9 Å². The van der Waals surface area contributed by atoms with Crippen LogP contribution in [0.2, 0.25) is 0 Å². The molecule has 0 amide bonds. The Labute approximate surface area is 154 Å². The molecule has 1 atom stereocenters. The first-order valence-electron chi connectivity index (χ1n) is 8.69. The maximum Gasteiger partial charge on any atom is 0.341 e. The van der Waals surface area contributed by atoms with Crippen LogP contribution in [0, 0.1) is 17.6 Å². The minimum absolute atomic E-state index is 0.227. The van der Waals surface area contributed by atoms with Crippen LogP contribution < -0.4 is 20.5 Å².